The van der Waals surface area contributed by atoms with Gasteiger partial charge in [-0.05, 0) is 24.6 Å². The van der Waals surface area contributed by atoms with Crippen molar-refractivity contribution in [2.45, 2.75) is 13.3 Å². The fourth-order valence-electron chi connectivity index (χ4n) is 1.36. The van der Waals surface area contributed by atoms with Crippen LogP contribution in [0, 0.1) is 0 Å². The van der Waals surface area contributed by atoms with Gasteiger partial charge in [0.25, 0.3) is 0 Å². The number of benzene rings is 1. The Hall–Kier alpha value is -1.75. The fourth-order valence-corrected chi connectivity index (χ4v) is 1.36. The maximum atomic E-state index is 11.3. The minimum atomic E-state index is -0.415. The zero-order valence-electron chi connectivity index (χ0n) is 10.8. The van der Waals surface area contributed by atoms with Crippen LogP contribution in [0.2, 0.25) is 0 Å². The predicted molar refractivity (Wildman–Crippen MR) is 68.8 cm³/mol. The number of carbonyl (C=O) groups excluding carboxylic acids is 1. The summed E-state index contributed by atoms with van der Waals surface area (Å²) in [6, 6.07) is 4.79. The second-order valence-corrected chi connectivity index (χ2v) is 3.71. The van der Waals surface area contributed by atoms with Gasteiger partial charge in [-0.15, -0.1) is 0 Å². The smallest absolute Gasteiger partial charge is 0.337 e. The molecule has 0 radical (unpaired) electrons. The second kappa shape index (κ2) is 7.55. The zero-order valence-corrected chi connectivity index (χ0v) is 10.8. The van der Waals surface area contributed by atoms with E-state index in [0.717, 1.165) is 6.42 Å². The largest absolute Gasteiger partial charge is 0.489 e. The molecular formula is C13H19NO4. The predicted octanol–water partition coefficient (Wildman–Crippen LogP) is 1.86. The second-order valence-electron chi connectivity index (χ2n) is 3.71. The van der Waals surface area contributed by atoms with Crippen LogP contribution >= 0.6 is 0 Å². The Labute approximate surface area is 107 Å². The molecule has 0 aliphatic heterocycles. The number of rotatable bonds is 7. The fraction of sp³-hybridized carbons (Fsp3) is 0.462. The van der Waals surface area contributed by atoms with Gasteiger partial charge < -0.3 is 19.9 Å². The maximum Gasteiger partial charge on any atom is 0.337 e. The molecular weight excluding hydrogens is 234 g/mol. The van der Waals surface area contributed by atoms with Crippen molar-refractivity contribution in [3.05, 3.63) is 23.8 Å². The quantitative estimate of drug-likeness (QED) is 0.456. The SMILES string of the molecule is CCCOCCOc1cc(C(=O)OC)ccc1N. The Kier molecular flexibility index (Phi) is 6.00. The molecule has 0 amide bonds. The van der Waals surface area contributed by atoms with Crippen molar-refractivity contribution in [1.82, 2.24) is 0 Å². The summed E-state index contributed by atoms with van der Waals surface area (Å²) in [7, 11) is 1.33. The van der Waals surface area contributed by atoms with E-state index < -0.39 is 5.97 Å². The lowest BCUT2D eigenvalue weighted by molar-refractivity contribution is 0.0600. The Bertz CT molecular complexity index is 393. The average molecular weight is 253 g/mol. The van der Waals surface area contributed by atoms with Gasteiger partial charge in [0.1, 0.15) is 12.4 Å². The van der Waals surface area contributed by atoms with Gasteiger partial charge in [-0.1, -0.05) is 6.92 Å². The first-order chi connectivity index (χ1) is 8.69. The number of esters is 1. The zero-order chi connectivity index (χ0) is 13.4. The van der Waals surface area contributed by atoms with Crippen LogP contribution in [0.15, 0.2) is 18.2 Å². The topological polar surface area (TPSA) is 70.8 Å². The summed E-state index contributed by atoms with van der Waals surface area (Å²) in [5, 5.41) is 0. The molecule has 5 heteroatoms. The molecule has 18 heavy (non-hydrogen) atoms. The first-order valence-corrected chi connectivity index (χ1v) is 5.87. The van der Waals surface area contributed by atoms with Gasteiger partial charge in [0.05, 0.1) is 25.0 Å². The highest BCUT2D eigenvalue weighted by molar-refractivity contribution is 5.90. The van der Waals surface area contributed by atoms with Gasteiger partial charge in [0, 0.05) is 6.61 Å². The molecule has 0 aliphatic rings. The summed E-state index contributed by atoms with van der Waals surface area (Å²) >= 11 is 0. The van der Waals surface area contributed by atoms with Crippen molar-refractivity contribution in [1.29, 1.82) is 0 Å². The first-order valence-electron chi connectivity index (χ1n) is 5.87. The van der Waals surface area contributed by atoms with E-state index in [1.807, 2.05) is 6.92 Å². The van der Waals surface area contributed by atoms with Crippen LogP contribution in [0.5, 0.6) is 5.75 Å². The van der Waals surface area contributed by atoms with Crippen LogP contribution in [0.4, 0.5) is 5.69 Å². The molecule has 0 aliphatic carbocycles. The first kappa shape index (κ1) is 14.3. The van der Waals surface area contributed by atoms with Crippen molar-refractivity contribution in [3.8, 4) is 5.75 Å². The minimum absolute atomic E-state index is 0.398. The van der Waals surface area contributed by atoms with E-state index in [-0.39, 0.29) is 0 Å². The molecule has 0 heterocycles. The van der Waals surface area contributed by atoms with Crippen molar-refractivity contribution in [2.75, 3.05) is 32.7 Å². The summed E-state index contributed by atoms with van der Waals surface area (Å²) in [6.07, 6.45) is 0.972. The van der Waals surface area contributed by atoms with Gasteiger partial charge in [-0.3, -0.25) is 0 Å². The number of carbonyl (C=O) groups is 1. The summed E-state index contributed by atoms with van der Waals surface area (Å²) in [5.74, 6) is 0.0556. The molecule has 100 valence electrons. The number of nitrogen functional groups attached to an aromatic ring is 1. The average Bonchev–Trinajstić information content (AvgIpc) is 2.39. The molecule has 0 fully saturated rings. The third-order valence-electron chi connectivity index (χ3n) is 2.27. The molecule has 0 saturated carbocycles. The monoisotopic (exact) mass is 253 g/mol. The molecule has 0 saturated heterocycles. The number of hydrogen-bond acceptors (Lipinski definition) is 5. The number of anilines is 1. The van der Waals surface area contributed by atoms with Crippen LogP contribution in [0.1, 0.15) is 23.7 Å². The Morgan fingerprint density at radius 2 is 2.06 bits per heavy atom. The molecule has 1 aromatic carbocycles. The summed E-state index contributed by atoms with van der Waals surface area (Å²) in [6.45, 7) is 3.64. The highest BCUT2D eigenvalue weighted by atomic mass is 16.5. The molecule has 0 unspecified atom stereocenters. The molecule has 5 nitrogen and oxygen atoms in total. The van der Waals surface area contributed by atoms with E-state index in [1.165, 1.54) is 7.11 Å². The van der Waals surface area contributed by atoms with Crippen molar-refractivity contribution in [3.63, 3.8) is 0 Å². The van der Waals surface area contributed by atoms with E-state index >= 15 is 0 Å². The number of methoxy groups -OCH3 is 1. The van der Waals surface area contributed by atoms with E-state index in [2.05, 4.69) is 4.74 Å². The van der Waals surface area contributed by atoms with E-state index in [0.29, 0.717) is 36.8 Å². The highest BCUT2D eigenvalue weighted by Crippen LogP contribution is 2.23. The lowest BCUT2D eigenvalue weighted by Crippen LogP contribution is -2.09. The standard InChI is InChI=1S/C13H19NO4/c1-3-6-17-7-8-18-12-9-10(13(15)16-2)4-5-11(12)14/h4-5,9H,3,6-8,14H2,1-2H3. The molecule has 0 spiro atoms. The van der Waals surface area contributed by atoms with Gasteiger partial charge >= 0.3 is 5.97 Å². The van der Waals surface area contributed by atoms with E-state index in [9.17, 15) is 4.79 Å². The van der Waals surface area contributed by atoms with Crippen molar-refractivity contribution >= 4 is 11.7 Å². The third-order valence-corrected chi connectivity index (χ3v) is 2.27. The lowest BCUT2D eigenvalue weighted by Gasteiger charge is -2.10. The van der Waals surface area contributed by atoms with Gasteiger partial charge in [-0.2, -0.15) is 0 Å². The number of nitrogens with two attached hydrogens (primary N) is 1. The Balaban J connectivity index is 2.56. The van der Waals surface area contributed by atoms with Crippen LogP contribution in [-0.4, -0.2) is 32.9 Å². The van der Waals surface area contributed by atoms with E-state index in [1.54, 1.807) is 18.2 Å². The van der Waals surface area contributed by atoms with Gasteiger partial charge in [-0.25, -0.2) is 4.79 Å². The summed E-state index contributed by atoms with van der Waals surface area (Å²) < 4.78 is 15.4. The van der Waals surface area contributed by atoms with Crippen molar-refractivity contribution < 1.29 is 19.0 Å². The molecule has 0 bridgehead atoms. The summed E-state index contributed by atoms with van der Waals surface area (Å²) in [4.78, 5) is 11.3. The summed E-state index contributed by atoms with van der Waals surface area (Å²) in [5.41, 5.74) is 6.65. The number of ether oxygens (including phenoxy) is 3. The van der Waals surface area contributed by atoms with Gasteiger partial charge in [0.15, 0.2) is 0 Å². The van der Waals surface area contributed by atoms with Crippen LogP contribution in [0.25, 0.3) is 0 Å². The lowest BCUT2D eigenvalue weighted by atomic mass is 10.2. The van der Waals surface area contributed by atoms with E-state index in [4.69, 9.17) is 15.2 Å². The highest BCUT2D eigenvalue weighted by Gasteiger charge is 2.09. The Morgan fingerprint density at radius 3 is 2.72 bits per heavy atom. The molecule has 0 aromatic heterocycles. The van der Waals surface area contributed by atoms with Gasteiger partial charge in [0.2, 0.25) is 0 Å². The van der Waals surface area contributed by atoms with Crippen LogP contribution in [0.3, 0.4) is 0 Å². The molecule has 2 N–H and O–H groups in total. The maximum absolute atomic E-state index is 11.3. The molecule has 1 aromatic rings. The minimum Gasteiger partial charge on any atom is -0.489 e. The third kappa shape index (κ3) is 4.25. The van der Waals surface area contributed by atoms with Crippen molar-refractivity contribution in [2.24, 2.45) is 0 Å². The molecule has 0 atom stereocenters. The Morgan fingerprint density at radius 1 is 1.28 bits per heavy atom. The normalized spacial score (nSPS) is 10.1. The molecule has 1 rings (SSSR count). The van der Waals surface area contributed by atoms with Crippen LogP contribution in [-0.2, 0) is 9.47 Å². The van der Waals surface area contributed by atoms with Crippen LogP contribution < -0.4 is 10.5 Å². The number of hydrogen-bond donors (Lipinski definition) is 1.